The van der Waals surface area contributed by atoms with Crippen LogP contribution in [0.15, 0.2) is 48.5 Å². The van der Waals surface area contributed by atoms with Gasteiger partial charge in [0.25, 0.3) is 0 Å². The van der Waals surface area contributed by atoms with Crippen LogP contribution in [0, 0.1) is 12.7 Å². The van der Waals surface area contributed by atoms with Crippen molar-refractivity contribution in [3.63, 3.8) is 0 Å². The van der Waals surface area contributed by atoms with Crippen molar-refractivity contribution in [3.05, 3.63) is 71.0 Å². The highest BCUT2D eigenvalue weighted by Gasteiger charge is 2.13. The Bertz CT molecular complexity index is 631. The average Bonchev–Trinajstić information content (AvgIpc) is 2.46. The summed E-state index contributed by atoms with van der Waals surface area (Å²) in [6.45, 7) is 2.24. The molecule has 2 rings (SSSR count). The van der Waals surface area contributed by atoms with Crippen molar-refractivity contribution in [3.8, 4) is 0 Å². The van der Waals surface area contributed by atoms with Gasteiger partial charge in [0.1, 0.15) is 5.82 Å². The maximum absolute atomic E-state index is 13.5. The van der Waals surface area contributed by atoms with E-state index in [0.717, 1.165) is 16.1 Å². The Labute approximate surface area is 122 Å². The van der Waals surface area contributed by atoms with E-state index >= 15 is 0 Å². The Kier molecular flexibility index (Phi) is 4.90. The summed E-state index contributed by atoms with van der Waals surface area (Å²) in [7, 11) is 0. The zero-order valence-electron chi connectivity index (χ0n) is 11.7. The quantitative estimate of drug-likeness (QED) is 0.830. The normalized spacial score (nSPS) is 10.4. The van der Waals surface area contributed by atoms with E-state index in [0.29, 0.717) is 5.56 Å². The minimum atomic E-state index is -1.10. The fourth-order valence-corrected chi connectivity index (χ4v) is 1.97. The Hall–Kier alpha value is -2.40. The third-order valence-electron chi connectivity index (χ3n) is 3.24. The molecule has 4 nitrogen and oxygen atoms in total. The lowest BCUT2D eigenvalue weighted by atomic mass is 10.1. The molecule has 0 unspecified atom stereocenters. The van der Waals surface area contributed by atoms with Crippen molar-refractivity contribution in [2.24, 2.45) is 0 Å². The highest BCUT2D eigenvalue weighted by atomic mass is 19.1. The molecule has 110 valence electrons. The topological polar surface area (TPSA) is 52.6 Å². The van der Waals surface area contributed by atoms with Crippen LogP contribution in [0.2, 0.25) is 0 Å². The lowest BCUT2D eigenvalue weighted by Crippen LogP contribution is -2.41. The van der Waals surface area contributed by atoms with Crippen LogP contribution in [-0.4, -0.2) is 16.2 Å². The molecule has 0 fully saturated rings. The predicted octanol–water partition coefficient (Wildman–Crippen LogP) is 3.32. The number of hydrogen-bond acceptors (Lipinski definition) is 2. The molecule has 2 N–H and O–H groups in total. The van der Waals surface area contributed by atoms with Gasteiger partial charge in [-0.25, -0.2) is 19.6 Å². The van der Waals surface area contributed by atoms with Gasteiger partial charge in [-0.15, -0.1) is 0 Å². The molecule has 21 heavy (non-hydrogen) atoms. The molecule has 1 amide bonds. The van der Waals surface area contributed by atoms with Gasteiger partial charge in [-0.2, -0.15) is 0 Å². The smallest absolute Gasteiger partial charge is 0.422 e. The van der Waals surface area contributed by atoms with Crippen molar-refractivity contribution in [2.45, 2.75) is 20.0 Å². The molecule has 0 bridgehead atoms. The second kappa shape index (κ2) is 6.85. The number of hydrazine groups is 1. The number of hydrogen-bond donors (Lipinski definition) is 2. The molecular formula is C16H17FN2O2. The number of amides is 1. The Morgan fingerprint density at radius 3 is 2.38 bits per heavy atom. The van der Waals surface area contributed by atoms with Crippen LogP contribution >= 0.6 is 0 Å². The summed E-state index contributed by atoms with van der Waals surface area (Å²) in [4.78, 5) is 11.3. The van der Waals surface area contributed by atoms with Gasteiger partial charge in [-0.05, 0) is 24.1 Å². The van der Waals surface area contributed by atoms with E-state index in [1.54, 1.807) is 18.2 Å². The van der Waals surface area contributed by atoms with Gasteiger partial charge in [0, 0.05) is 12.1 Å². The first-order valence-corrected chi connectivity index (χ1v) is 6.60. The third kappa shape index (κ3) is 4.03. The predicted molar refractivity (Wildman–Crippen MR) is 78.0 cm³/mol. The zero-order chi connectivity index (χ0) is 15.2. The first kappa shape index (κ1) is 15.0. The van der Waals surface area contributed by atoms with Crippen molar-refractivity contribution in [1.29, 1.82) is 0 Å². The molecule has 0 aliphatic carbocycles. The fourth-order valence-electron chi connectivity index (χ4n) is 1.97. The molecule has 0 atom stereocenters. The third-order valence-corrected chi connectivity index (χ3v) is 3.24. The first-order chi connectivity index (χ1) is 10.1. The molecule has 2 aromatic rings. The summed E-state index contributed by atoms with van der Waals surface area (Å²) in [6, 6.07) is 13.8. The van der Waals surface area contributed by atoms with Crippen LogP contribution in [0.3, 0.4) is 0 Å². The van der Waals surface area contributed by atoms with E-state index in [-0.39, 0.29) is 18.9 Å². The van der Waals surface area contributed by atoms with Crippen molar-refractivity contribution in [2.75, 3.05) is 0 Å². The molecule has 5 heteroatoms. The molecule has 0 saturated heterocycles. The highest BCUT2D eigenvalue weighted by Crippen LogP contribution is 2.11. The summed E-state index contributed by atoms with van der Waals surface area (Å²) in [6.07, 6.45) is -1.10. The van der Waals surface area contributed by atoms with Crippen LogP contribution in [0.25, 0.3) is 0 Å². The SMILES string of the molecule is Cc1ccccc1CN(NCc1ccccc1F)C(=O)O. The van der Waals surface area contributed by atoms with Crippen molar-refractivity contribution >= 4 is 6.09 Å². The molecule has 0 aliphatic heterocycles. The van der Waals surface area contributed by atoms with Crippen LogP contribution in [-0.2, 0) is 13.1 Å². The summed E-state index contributed by atoms with van der Waals surface area (Å²) in [5, 5.41) is 10.3. The molecule has 0 radical (unpaired) electrons. The zero-order valence-corrected chi connectivity index (χ0v) is 11.7. The van der Waals surface area contributed by atoms with E-state index in [1.807, 2.05) is 31.2 Å². The number of nitrogens with one attached hydrogen (secondary N) is 1. The molecule has 0 aromatic heterocycles. The van der Waals surface area contributed by atoms with Gasteiger partial charge < -0.3 is 5.11 Å². The largest absolute Gasteiger partial charge is 0.464 e. The lowest BCUT2D eigenvalue weighted by Gasteiger charge is -2.21. The minimum Gasteiger partial charge on any atom is -0.464 e. The standard InChI is InChI=1S/C16H17FN2O2/c1-12-6-2-3-8-14(12)11-19(16(20)21)18-10-13-7-4-5-9-15(13)17/h2-9,18H,10-11H2,1H3,(H,20,21). The van der Waals surface area contributed by atoms with E-state index in [9.17, 15) is 14.3 Å². The Morgan fingerprint density at radius 1 is 1.14 bits per heavy atom. The van der Waals surface area contributed by atoms with Gasteiger partial charge in [0.15, 0.2) is 0 Å². The molecule has 2 aromatic carbocycles. The van der Waals surface area contributed by atoms with Gasteiger partial charge in [0.2, 0.25) is 0 Å². The number of rotatable bonds is 5. The van der Waals surface area contributed by atoms with Crippen LogP contribution in [0.1, 0.15) is 16.7 Å². The van der Waals surface area contributed by atoms with Gasteiger partial charge in [0.05, 0.1) is 6.54 Å². The van der Waals surface area contributed by atoms with Crippen LogP contribution in [0.5, 0.6) is 0 Å². The minimum absolute atomic E-state index is 0.116. The summed E-state index contributed by atoms with van der Waals surface area (Å²) >= 11 is 0. The maximum atomic E-state index is 13.5. The summed E-state index contributed by atoms with van der Waals surface area (Å²) in [5.74, 6) is -0.355. The van der Waals surface area contributed by atoms with Gasteiger partial charge in [-0.3, -0.25) is 0 Å². The van der Waals surface area contributed by atoms with Crippen LogP contribution in [0.4, 0.5) is 9.18 Å². The number of nitrogens with zero attached hydrogens (tertiary/aromatic N) is 1. The lowest BCUT2D eigenvalue weighted by molar-refractivity contribution is 0.114. The Balaban J connectivity index is 2.05. The second-order valence-electron chi connectivity index (χ2n) is 4.72. The summed E-state index contributed by atoms with van der Waals surface area (Å²) in [5.41, 5.74) is 5.08. The molecule has 0 saturated carbocycles. The average molecular weight is 288 g/mol. The van der Waals surface area contributed by atoms with Crippen LogP contribution < -0.4 is 5.43 Å². The van der Waals surface area contributed by atoms with Gasteiger partial charge >= 0.3 is 6.09 Å². The van der Waals surface area contributed by atoms with E-state index in [4.69, 9.17) is 0 Å². The summed E-state index contributed by atoms with van der Waals surface area (Å²) < 4.78 is 13.5. The van der Waals surface area contributed by atoms with E-state index < -0.39 is 6.09 Å². The molecular weight excluding hydrogens is 271 g/mol. The van der Waals surface area contributed by atoms with E-state index in [1.165, 1.54) is 6.07 Å². The molecule has 0 aliphatic rings. The monoisotopic (exact) mass is 288 g/mol. The number of aryl methyl sites for hydroxylation is 1. The Morgan fingerprint density at radius 2 is 1.76 bits per heavy atom. The highest BCUT2D eigenvalue weighted by molar-refractivity contribution is 5.64. The maximum Gasteiger partial charge on any atom is 0.422 e. The molecule has 0 spiro atoms. The van der Waals surface area contributed by atoms with Crippen molar-refractivity contribution < 1.29 is 14.3 Å². The van der Waals surface area contributed by atoms with E-state index in [2.05, 4.69) is 5.43 Å². The number of benzene rings is 2. The first-order valence-electron chi connectivity index (χ1n) is 6.60. The number of carboxylic acid groups (broad SMARTS) is 1. The fraction of sp³-hybridized carbons (Fsp3) is 0.188. The molecule has 0 heterocycles. The van der Waals surface area contributed by atoms with Crippen molar-refractivity contribution in [1.82, 2.24) is 10.4 Å². The number of halogens is 1. The second-order valence-corrected chi connectivity index (χ2v) is 4.72. The van der Waals surface area contributed by atoms with Gasteiger partial charge in [-0.1, -0.05) is 42.5 Å². The number of carbonyl (C=O) groups is 1.